The minimum atomic E-state index is -0.145. The van der Waals surface area contributed by atoms with E-state index in [4.69, 9.17) is 11.0 Å². The fourth-order valence-electron chi connectivity index (χ4n) is 1.44. The van der Waals surface area contributed by atoms with Crippen LogP contribution >= 0.6 is 0 Å². The average Bonchev–Trinajstić information content (AvgIpc) is 2.36. The highest BCUT2D eigenvalue weighted by molar-refractivity contribution is 5.47. The van der Waals surface area contributed by atoms with Crippen LogP contribution in [-0.4, -0.2) is 12.1 Å². The molecule has 0 radical (unpaired) electrons. The summed E-state index contributed by atoms with van der Waals surface area (Å²) >= 11 is 0. The van der Waals surface area contributed by atoms with E-state index >= 15 is 0 Å². The predicted molar refractivity (Wildman–Crippen MR) is 67.1 cm³/mol. The van der Waals surface area contributed by atoms with Crippen molar-refractivity contribution in [3.05, 3.63) is 29.8 Å². The van der Waals surface area contributed by atoms with Gasteiger partial charge in [0.15, 0.2) is 0 Å². The first-order valence-electron chi connectivity index (χ1n) is 5.66. The van der Waals surface area contributed by atoms with Crippen molar-refractivity contribution in [1.82, 2.24) is 0 Å². The Balaban J connectivity index is 2.58. The normalized spacial score (nSPS) is 10.9. The molecule has 1 aromatic carbocycles. The molecule has 0 saturated heterocycles. The van der Waals surface area contributed by atoms with Crippen molar-refractivity contribution in [2.45, 2.75) is 32.2 Å². The second-order valence-electron chi connectivity index (χ2n) is 4.11. The third-order valence-corrected chi connectivity index (χ3v) is 3.07. The van der Waals surface area contributed by atoms with Crippen molar-refractivity contribution < 1.29 is 0 Å². The zero-order valence-corrected chi connectivity index (χ0v) is 9.96. The summed E-state index contributed by atoms with van der Waals surface area (Å²) < 4.78 is 0. The van der Waals surface area contributed by atoms with Gasteiger partial charge < -0.3 is 11.1 Å². The van der Waals surface area contributed by atoms with E-state index in [9.17, 15) is 0 Å². The quantitative estimate of drug-likeness (QED) is 0.796. The van der Waals surface area contributed by atoms with Gasteiger partial charge in [0.25, 0.3) is 0 Å². The van der Waals surface area contributed by atoms with E-state index < -0.39 is 0 Å². The van der Waals surface area contributed by atoms with Crippen molar-refractivity contribution in [1.29, 1.82) is 5.26 Å². The summed E-state index contributed by atoms with van der Waals surface area (Å²) in [4.78, 5) is 0. The molecular formula is C13H19N3. The van der Waals surface area contributed by atoms with Gasteiger partial charge in [0, 0.05) is 17.8 Å². The molecule has 1 rings (SSSR count). The smallest absolute Gasteiger partial charge is 0.0991 e. The number of anilines is 1. The maximum Gasteiger partial charge on any atom is 0.0991 e. The Labute approximate surface area is 97.3 Å². The molecule has 0 unspecified atom stereocenters. The standard InChI is InChI=1S/C13H19N3/c1-3-13(15,4-2)10-16-12-7-5-11(9-14)6-8-12/h5-8,16H,3-4,10,15H2,1-2H3. The first-order valence-corrected chi connectivity index (χ1v) is 5.66. The zero-order valence-electron chi connectivity index (χ0n) is 9.96. The Hall–Kier alpha value is -1.53. The van der Waals surface area contributed by atoms with Gasteiger partial charge in [-0.05, 0) is 37.1 Å². The number of nitriles is 1. The molecule has 3 nitrogen and oxygen atoms in total. The zero-order chi connectivity index (χ0) is 12.0. The summed E-state index contributed by atoms with van der Waals surface area (Å²) in [7, 11) is 0. The second kappa shape index (κ2) is 5.53. The SMILES string of the molecule is CCC(N)(CC)CNc1ccc(C#N)cc1. The van der Waals surface area contributed by atoms with Gasteiger partial charge in [0.1, 0.15) is 0 Å². The minimum Gasteiger partial charge on any atom is -0.383 e. The van der Waals surface area contributed by atoms with E-state index in [0.29, 0.717) is 5.56 Å². The fraction of sp³-hybridized carbons (Fsp3) is 0.462. The van der Waals surface area contributed by atoms with Crippen LogP contribution in [0.4, 0.5) is 5.69 Å². The van der Waals surface area contributed by atoms with Crippen LogP contribution in [-0.2, 0) is 0 Å². The van der Waals surface area contributed by atoms with Crippen molar-refractivity contribution in [2.24, 2.45) is 5.73 Å². The molecule has 1 aromatic rings. The highest BCUT2D eigenvalue weighted by Crippen LogP contribution is 2.14. The molecule has 3 N–H and O–H groups in total. The molecule has 3 heteroatoms. The van der Waals surface area contributed by atoms with Crippen LogP contribution in [0.2, 0.25) is 0 Å². The summed E-state index contributed by atoms with van der Waals surface area (Å²) in [5.41, 5.74) is 7.73. The van der Waals surface area contributed by atoms with E-state index in [2.05, 4.69) is 25.2 Å². The number of nitrogens with two attached hydrogens (primary N) is 1. The Morgan fingerprint density at radius 3 is 2.25 bits per heavy atom. The van der Waals surface area contributed by atoms with Gasteiger partial charge >= 0.3 is 0 Å². The van der Waals surface area contributed by atoms with Crippen LogP contribution in [0.1, 0.15) is 32.3 Å². The number of rotatable bonds is 5. The number of nitrogens with zero attached hydrogens (tertiary/aromatic N) is 1. The van der Waals surface area contributed by atoms with Crippen LogP contribution in [0.5, 0.6) is 0 Å². The molecular weight excluding hydrogens is 198 g/mol. The molecule has 0 aliphatic rings. The summed E-state index contributed by atoms with van der Waals surface area (Å²) in [6, 6.07) is 9.52. The molecule has 0 saturated carbocycles. The first kappa shape index (κ1) is 12.5. The molecule has 0 aliphatic heterocycles. The Kier molecular flexibility index (Phi) is 4.33. The summed E-state index contributed by atoms with van der Waals surface area (Å²) in [5.74, 6) is 0. The van der Waals surface area contributed by atoms with Crippen LogP contribution < -0.4 is 11.1 Å². The summed E-state index contributed by atoms with van der Waals surface area (Å²) in [6.07, 6.45) is 1.90. The summed E-state index contributed by atoms with van der Waals surface area (Å²) in [6.45, 7) is 4.96. The summed E-state index contributed by atoms with van der Waals surface area (Å²) in [5, 5.41) is 12.0. The second-order valence-corrected chi connectivity index (χ2v) is 4.11. The van der Waals surface area contributed by atoms with Gasteiger partial charge in [-0.3, -0.25) is 0 Å². The van der Waals surface area contributed by atoms with Crippen LogP contribution in [0.15, 0.2) is 24.3 Å². The molecule has 0 aromatic heterocycles. The van der Waals surface area contributed by atoms with Crippen LogP contribution in [0.3, 0.4) is 0 Å². The number of hydrogen-bond donors (Lipinski definition) is 2. The topological polar surface area (TPSA) is 61.8 Å². The van der Waals surface area contributed by atoms with Gasteiger partial charge in [0.2, 0.25) is 0 Å². The van der Waals surface area contributed by atoms with Crippen molar-refractivity contribution in [2.75, 3.05) is 11.9 Å². The van der Waals surface area contributed by atoms with Gasteiger partial charge in [-0.25, -0.2) is 0 Å². The van der Waals surface area contributed by atoms with Gasteiger partial charge in [-0.15, -0.1) is 0 Å². The molecule has 0 heterocycles. The maximum absolute atomic E-state index is 8.67. The van der Waals surface area contributed by atoms with Gasteiger partial charge in [0.05, 0.1) is 11.6 Å². The average molecular weight is 217 g/mol. The minimum absolute atomic E-state index is 0.145. The third kappa shape index (κ3) is 3.25. The largest absolute Gasteiger partial charge is 0.383 e. The lowest BCUT2D eigenvalue weighted by atomic mass is 9.94. The molecule has 0 fully saturated rings. The Morgan fingerprint density at radius 2 is 1.81 bits per heavy atom. The molecule has 0 spiro atoms. The number of nitrogens with one attached hydrogen (secondary N) is 1. The molecule has 0 atom stereocenters. The third-order valence-electron chi connectivity index (χ3n) is 3.07. The lowest BCUT2D eigenvalue weighted by Gasteiger charge is -2.27. The number of hydrogen-bond acceptors (Lipinski definition) is 3. The Bertz CT molecular complexity index is 358. The van der Waals surface area contributed by atoms with Crippen LogP contribution in [0.25, 0.3) is 0 Å². The highest BCUT2D eigenvalue weighted by Gasteiger charge is 2.19. The molecule has 0 bridgehead atoms. The Morgan fingerprint density at radius 1 is 1.25 bits per heavy atom. The van der Waals surface area contributed by atoms with E-state index in [1.165, 1.54) is 0 Å². The molecule has 16 heavy (non-hydrogen) atoms. The molecule has 0 amide bonds. The predicted octanol–water partition coefficient (Wildman–Crippen LogP) is 2.49. The lowest BCUT2D eigenvalue weighted by molar-refractivity contribution is 0.418. The highest BCUT2D eigenvalue weighted by atomic mass is 14.9. The van der Waals surface area contributed by atoms with Gasteiger partial charge in [-0.2, -0.15) is 5.26 Å². The monoisotopic (exact) mass is 217 g/mol. The molecule has 0 aliphatic carbocycles. The van der Waals surface area contributed by atoms with Crippen LogP contribution in [0, 0.1) is 11.3 Å². The van der Waals surface area contributed by atoms with Crippen molar-refractivity contribution >= 4 is 5.69 Å². The lowest BCUT2D eigenvalue weighted by Crippen LogP contribution is -2.45. The molecule has 86 valence electrons. The van der Waals surface area contributed by atoms with Crippen molar-refractivity contribution in [3.63, 3.8) is 0 Å². The van der Waals surface area contributed by atoms with Gasteiger partial charge in [-0.1, -0.05) is 13.8 Å². The van der Waals surface area contributed by atoms with E-state index in [-0.39, 0.29) is 5.54 Å². The fourth-order valence-corrected chi connectivity index (χ4v) is 1.44. The van der Waals surface area contributed by atoms with E-state index in [1.54, 1.807) is 12.1 Å². The number of benzene rings is 1. The first-order chi connectivity index (χ1) is 7.63. The maximum atomic E-state index is 8.67. The van der Waals surface area contributed by atoms with E-state index in [1.807, 2.05) is 12.1 Å². The van der Waals surface area contributed by atoms with Crippen molar-refractivity contribution in [3.8, 4) is 6.07 Å². The van der Waals surface area contributed by atoms with E-state index in [0.717, 1.165) is 25.1 Å².